The van der Waals surface area contributed by atoms with E-state index in [9.17, 15) is 4.79 Å². The minimum absolute atomic E-state index is 0.0327. The van der Waals surface area contributed by atoms with Crippen molar-refractivity contribution in [3.05, 3.63) is 35.4 Å². The van der Waals surface area contributed by atoms with Crippen molar-refractivity contribution < 1.29 is 10.0 Å². The van der Waals surface area contributed by atoms with Gasteiger partial charge in [0.25, 0.3) is 5.91 Å². The van der Waals surface area contributed by atoms with E-state index < -0.39 is 0 Å². The van der Waals surface area contributed by atoms with E-state index in [0.29, 0.717) is 17.0 Å². The average molecular weight is 261 g/mol. The van der Waals surface area contributed by atoms with Crippen LogP contribution in [-0.4, -0.2) is 22.5 Å². The molecule has 1 aromatic rings. The molecule has 102 valence electrons. The lowest BCUT2D eigenvalue weighted by Crippen LogP contribution is -2.45. The number of carbonyl (C=O) groups is 1. The maximum Gasteiger partial charge on any atom is 0.251 e. The second-order valence-electron chi connectivity index (χ2n) is 5.51. The Balaban J connectivity index is 2.07. The molecule has 0 heterocycles. The highest BCUT2D eigenvalue weighted by atomic mass is 16.4. The maximum atomic E-state index is 12.1. The van der Waals surface area contributed by atoms with Crippen molar-refractivity contribution in [2.24, 2.45) is 16.8 Å². The van der Waals surface area contributed by atoms with E-state index in [1.807, 2.05) is 13.8 Å². The van der Waals surface area contributed by atoms with Gasteiger partial charge in [-0.1, -0.05) is 17.3 Å². The molecular weight excluding hydrogens is 242 g/mol. The van der Waals surface area contributed by atoms with E-state index in [1.165, 1.54) is 12.8 Å². The Morgan fingerprint density at radius 2 is 1.84 bits per heavy atom. The number of hydrogen-bond donors (Lipinski definition) is 3. The van der Waals surface area contributed by atoms with E-state index in [0.717, 1.165) is 0 Å². The molecule has 0 atom stereocenters. The van der Waals surface area contributed by atoms with Gasteiger partial charge in [-0.25, -0.2) is 0 Å². The standard InChI is InChI=1S/C14H19N3O2/c1-14(2,11-7-8-11)16-13(18)10-5-3-9(4-6-10)12(15)17-19/h3-6,11,19H,7-8H2,1-2H3,(H2,15,17)(H,16,18). The first-order valence-electron chi connectivity index (χ1n) is 6.34. The second kappa shape index (κ2) is 4.91. The summed E-state index contributed by atoms with van der Waals surface area (Å²) >= 11 is 0. The van der Waals surface area contributed by atoms with Crippen molar-refractivity contribution in [1.82, 2.24) is 5.32 Å². The molecule has 0 aromatic heterocycles. The Morgan fingerprint density at radius 1 is 1.32 bits per heavy atom. The van der Waals surface area contributed by atoms with Crippen LogP contribution in [-0.2, 0) is 0 Å². The number of oxime groups is 1. The third-order valence-electron chi connectivity index (χ3n) is 3.58. The topological polar surface area (TPSA) is 87.7 Å². The van der Waals surface area contributed by atoms with Crippen LogP contribution in [0.2, 0.25) is 0 Å². The van der Waals surface area contributed by atoms with Gasteiger partial charge in [-0.05, 0) is 44.7 Å². The summed E-state index contributed by atoms with van der Waals surface area (Å²) in [5, 5.41) is 14.5. The largest absolute Gasteiger partial charge is 0.409 e. The van der Waals surface area contributed by atoms with Crippen LogP contribution in [0.15, 0.2) is 29.4 Å². The van der Waals surface area contributed by atoms with Gasteiger partial charge in [0, 0.05) is 16.7 Å². The Kier molecular flexibility index (Phi) is 3.46. The van der Waals surface area contributed by atoms with Gasteiger partial charge in [0.15, 0.2) is 5.84 Å². The summed E-state index contributed by atoms with van der Waals surface area (Å²) in [5.74, 6) is 0.515. The van der Waals surface area contributed by atoms with Gasteiger partial charge in [-0.15, -0.1) is 0 Å². The number of nitrogens with zero attached hydrogens (tertiary/aromatic N) is 1. The Hall–Kier alpha value is -2.04. The lowest BCUT2D eigenvalue weighted by molar-refractivity contribution is 0.0903. The second-order valence-corrected chi connectivity index (χ2v) is 5.51. The predicted octanol–water partition coefficient (Wildman–Crippen LogP) is 1.70. The molecule has 0 radical (unpaired) electrons. The van der Waals surface area contributed by atoms with Gasteiger partial charge in [0.2, 0.25) is 0 Å². The quantitative estimate of drug-likeness (QED) is 0.333. The van der Waals surface area contributed by atoms with E-state index in [-0.39, 0.29) is 17.3 Å². The maximum absolute atomic E-state index is 12.1. The van der Waals surface area contributed by atoms with E-state index in [2.05, 4.69) is 10.5 Å². The fraction of sp³-hybridized carbons (Fsp3) is 0.429. The van der Waals surface area contributed by atoms with Gasteiger partial charge in [-0.3, -0.25) is 4.79 Å². The molecule has 0 saturated heterocycles. The van der Waals surface area contributed by atoms with Crippen molar-refractivity contribution >= 4 is 11.7 Å². The molecule has 0 spiro atoms. The summed E-state index contributed by atoms with van der Waals surface area (Å²) in [6, 6.07) is 6.67. The molecule has 4 N–H and O–H groups in total. The minimum atomic E-state index is -0.165. The molecule has 0 unspecified atom stereocenters. The minimum Gasteiger partial charge on any atom is -0.409 e. The number of benzene rings is 1. The number of hydrogen-bond acceptors (Lipinski definition) is 3. The molecule has 0 bridgehead atoms. The van der Waals surface area contributed by atoms with Crippen LogP contribution in [0.5, 0.6) is 0 Å². The zero-order valence-electron chi connectivity index (χ0n) is 11.2. The highest BCUT2D eigenvalue weighted by Crippen LogP contribution is 2.39. The van der Waals surface area contributed by atoms with E-state index in [4.69, 9.17) is 10.9 Å². The summed E-state index contributed by atoms with van der Waals surface area (Å²) in [4.78, 5) is 12.1. The van der Waals surface area contributed by atoms with Crippen LogP contribution in [0.3, 0.4) is 0 Å². The molecule has 5 nitrogen and oxygen atoms in total. The van der Waals surface area contributed by atoms with Crippen LogP contribution in [0, 0.1) is 5.92 Å². The molecule has 19 heavy (non-hydrogen) atoms. The number of nitrogens with two attached hydrogens (primary N) is 1. The molecule has 2 rings (SSSR count). The molecule has 1 saturated carbocycles. The fourth-order valence-corrected chi connectivity index (χ4v) is 2.12. The number of amides is 1. The van der Waals surface area contributed by atoms with Crippen LogP contribution in [0.4, 0.5) is 0 Å². The van der Waals surface area contributed by atoms with Crippen LogP contribution in [0.1, 0.15) is 42.6 Å². The molecule has 1 aliphatic rings. The molecule has 1 aromatic carbocycles. The molecule has 5 heteroatoms. The number of amidine groups is 1. The van der Waals surface area contributed by atoms with Crippen molar-refractivity contribution in [2.75, 3.05) is 0 Å². The normalized spacial score (nSPS) is 16.2. The first-order valence-corrected chi connectivity index (χ1v) is 6.34. The van der Waals surface area contributed by atoms with Gasteiger partial charge in [-0.2, -0.15) is 0 Å². The number of nitrogens with one attached hydrogen (secondary N) is 1. The molecule has 0 aliphatic heterocycles. The first kappa shape index (κ1) is 13.4. The average Bonchev–Trinajstić information content (AvgIpc) is 3.22. The van der Waals surface area contributed by atoms with Gasteiger partial charge in [0.05, 0.1) is 0 Å². The summed E-state index contributed by atoms with van der Waals surface area (Å²) in [5.41, 5.74) is 6.46. The van der Waals surface area contributed by atoms with Crippen molar-refractivity contribution in [3.63, 3.8) is 0 Å². The summed E-state index contributed by atoms with van der Waals surface area (Å²) in [6.07, 6.45) is 2.35. The third-order valence-corrected chi connectivity index (χ3v) is 3.58. The van der Waals surface area contributed by atoms with Gasteiger partial charge >= 0.3 is 0 Å². The van der Waals surface area contributed by atoms with Crippen molar-refractivity contribution in [3.8, 4) is 0 Å². The highest BCUT2D eigenvalue weighted by molar-refractivity contribution is 5.99. The zero-order valence-corrected chi connectivity index (χ0v) is 11.2. The van der Waals surface area contributed by atoms with Crippen molar-refractivity contribution in [2.45, 2.75) is 32.2 Å². The molecular formula is C14H19N3O2. The van der Waals surface area contributed by atoms with Crippen LogP contribution < -0.4 is 11.1 Å². The summed E-state index contributed by atoms with van der Waals surface area (Å²) in [7, 11) is 0. The van der Waals surface area contributed by atoms with Gasteiger partial charge in [0.1, 0.15) is 0 Å². The zero-order chi connectivity index (χ0) is 14.0. The smallest absolute Gasteiger partial charge is 0.251 e. The Bertz CT molecular complexity index is 502. The SMILES string of the molecule is CC(C)(NC(=O)c1ccc(/C(N)=N/O)cc1)C1CC1. The van der Waals surface area contributed by atoms with Crippen molar-refractivity contribution in [1.29, 1.82) is 0 Å². The molecule has 1 fully saturated rings. The highest BCUT2D eigenvalue weighted by Gasteiger charge is 2.38. The lowest BCUT2D eigenvalue weighted by atomic mass is 9.98. The lowest BCUT2D eigenvalue weighted by Gasteiger charge is -2.26. The summed E-state index contributed by atoms with van der Waals surface area (Å²) < 4.78 is 0. The Morgan fingerprint density at radius 3 is 2.32 bits per heavy atom. The fourth-order valence-electron chi connectivity index (χ4n) is 2.12. The first-order chi connectivity index (χ1) is 8.94. The van der Waals surface area contributed by atoms with Gasteiger partial charge < -0.3 is 16.3 Å². The van der Waals surface area contributed by atoms with E-state index >= 15 is 0 Å². The monoisotopic (exact) mass is 261 g/mol. The Labute approximate surface area is 112 Å². The van der Waals surface area contributed by atoms with Crippen LogP contribution >= 0.6 is 0 Å². The van der Waals surface area contributed by atoms with E-state index in [1.54, 1.807) is 24.3 Å². The van der Waals surface area contributed by atoms with Crippen LogP contribution in [0.25, 0.3) is 0 Å². The number of rotatable bonds is 4. The molecule has 1 aliphatic carbocycles. The third kappa shape index (κ3) is 3.05. The predicted molar refractivity (Wildman–Crippen MR) is 73.2 cm³/mol. The number of carbonyl (C=O) groups excluding carboxylic acids is 1. The summed E-state index contributed by atoms with van der Waals surface area (Å²) in [6.45, 7) is 4.10. The molecule has 1 amide bonds.